The van der Waals surface area contributed by atoms with Crippen LogP contribution in [0.4, 0.5) is 5.69 Å². The Morgan fingerprint density at radius 2 is 1.85 bits per heavy atom. The Morgan fingerprint density at radius 1 is 1.07 bits per heavy atom. The molecular weight excluding hydrogens is 368 g/mol. The second kappa shape index (κ2) is 10.5. The molecule has 0 unspecified atom stereocenters. The first-order valence-electron chi connectivity index (χ1n) is 8.66. The van der Waals surface area contributed by atoms with Crippen LogP contribution in [0.5, 0.6) is 5.75 Å². The number of carbonyl (C=O) groups is 2. The van der Waals surface area contributed by atoms with Gasteiger partial charge in [0.05, 0.1) is 23.9 Å². The quantitative estimate of drug-likeness (QED) is 0.639. The minimum Gasteiger partial charge on any atom is -0.496 e. The third-order valence-corrected chi connectivity index (χ3v) is 4.02. The summed E-state index contributed by atoms with van der Waals surface area (Å²) in [6.07, 6.45) is 0.716. The summed E-state index contributed by atoms with van der Waals surface area (Å²) in [7, 11) is 1.48. The summed E-state index contributed by atoms with van der Waals surface area (Å²) in [5, 5.41) is 6.00. The van der Waals surface area contributed by atoms with Crippen molar-refractivity contribution in [2.45, 2.75) is 13.3 Å². The SMILES string of the molecule is CCOCCCNC(=O)c1ccccc1NC(=O)c1cc(Cl)ccc1OC. The topological polar surface area (TPSA) is 76.7 Å². The summed E-state index contributed by atoms with van der Waals surface area (Å²) < 4.78 is 10.5. The molecule has 2 aromatic rings. The van der Waals surface area contributed by atoms with Gasteiger partial charge >= 0.3 is 0 Å². The molecule has 6 nitrogen and oxygen atoms in total. The van der Waals surface area contributed by atoms with E-state index in [1.54, 1.807) is 36.4 Å². The molecule has 7 heteroatoms. The number of hydrogen-bond acceptors (Lipinski definition) is 4. The van der Waals surface area contributed by atoms with Crippen molar-refractivity contribution in [1.29, 1.82) is 0 Å². The van der Waals surface area contributed by atoms with Gasteiger partial charge in [-0.25, -0.2) is 0 Å². The Kier molecular flexibility index (Phi) is 8.10. The Morgan fingerprint density at radius 3 is 2.59 bits per heavy atom. The van der Waals surface area contributed by atoms with E-state index in [9.17, 15) is 9.59 Å². The standard InChI is InChI=1S/C20H23ClN2O4/c1-3-27-12-6-11-22-19(24)15-7-4-5-8-17(15)23-20(25)16-13-14(21)9-10-18(16)26-2/h4-5,7-10,13H,3,6,11-12H2,1-2H3,(H,22,24)(H,23,25). The molecule has 2 amide bonds. The first-order valence-corrected chi connectivity index (χ1v) is 9.04. The fraction of sp³-hybridized carbons (Fsp3) is 0.300. The number of halogens is 1. The van der Waals surface area contributed by atoms with E-state index in [-0.39, 0.29) is 11.5 Å². The van der Waals surface area contributed by atoms with Gasteiger partial charge in [0.25, 0.3) is 11.8 Å². The van der Waals surface area contributed by atoms with Crippen molar-refractivity contribution in [2.75, 3.05) is 32.2 Å². The molecule has 2 rings (SSSR count). The number of hydrogen-bond donors (Lipinski definition) is 2. The Bertz CT molecular complexity index is 795. The minimum atomic E-state index is -0.411. The molecule has 2 aromatic carbocycles. The Hall–Kier alpha value is -2.57. The second-order valence-corrected chi connectivity index (χ2v) is 6.09. The molecule has 0 atom stereocenters. The molecule has 0 spiro atoms. The summed E-state index contributed by atoms with van der Waals surface area (Å²) in [4.78, 5) is 25.1. The zero-order chi connectivity index (χ0) is 19.6. The van der Waals surface area contributed by atoms with Gasteiger partial charge < -0.3 is 20.1 Å². The summed E-state index contributed by atoms with van der Waals surface area (Å²) in [5.74, 6) is -0.277. The maximum atomic E-state index is 12.7. The van der Waals surface area contributed by atoms with E-state index in [4.69, 9.17) is 21.1 Å². The number of methoxy groups -OCH3 is 1. The zero-order valence-corrected chi connectivity index (χ0v) is 16.1. The van der Waals surface area contributed by atoms with E-state index in [0.29, 0.717) is 48.2 Å². The van der Waals surface area contributed by atoms with E-state index in [1.165, 1.54) is 13.2 Å². The highest BCUT2D eigenvalue weighted by Crippen LogP contribution is 2.24. The van der Waals surface area contributed by atoms with Crippen LogP contribution in [0.2, 0.25) is 5.02 Å². The number of nitrogens with one attached hydrogen (secondary N) is 2. The lowest BCUT2D eigenvalue weighted by Crippen LogP contribution is -2.27. The number of rotatable bonds is 9. The Labute approximate surface area is 163 Å². The van der Waals surface area contributed by atoms with Gasteiger partial charge in [-0.15, -0.1) is 0 Å². The lowest BCUT2D eigenvalue weighted by atomic mass is 10.1. The average molecular weight is 391 g/mol. The number of amides is 2. The third-order valence-electron chi connectivity index (χ3n) is 3.78. The van der Waals surface area contributed by atoms with Gasteiger partial charge in [-0.3, -0.25) is 9.59 Å². The smallest absolute Gasteiger partial charge is 0.259 e. The van der Waals surface area contributed by atoms with Gasteiger partial charge in [0.15, 0.2) is 0 Å². The molecule has 0 heterocycles. The van der Waals surface area contributed by atoms with Crippen LogP contribution in [-0.2, 0) is 4.74 Å². The van der Waals surface area contributed by atoms with E-state index in [0.717, 1.165) is 0 Å². The van der Waals surface area contributed by atoms with Gasteiger partial charge in [0.1, 0.15) is 5.75 Å². The summed E-state index contributed by atoms with van der Waals surface area (Å²) in [6, 6.07) is 11.6. The van der Waals surface area contributed by atoms with E-state index in [1.807, 2.05) is 6.92 Å². The predicted molar refractivity (Wildman–Crippen MR) is 106 cm³/mol. The largest absolute Gasteiger partial charge is 0.496 e. The van der Waals surface area contributed by atoms with Crippen molar-refractivity contribution < 1.29 is 19.1 Å². The lowest BCUT2D eigenvalue weighted by molar-refractivity contribution is 0.0945. The number of para-hydroxylation sites is 1. The van der Waals surface area contributed by atoms with E-state index < -0.39 is 5.91 Å². The van der Waals surface area contributed by atoms with Crippen molar-refractivity contribution in [3.63, 3.8) is 0 Å². The number of benzene rings is 2. The van der Waals surface area contributed by atoms with E-state index in [2.05, 4.69) is 10.6 Å². The molecule has 0 fully saturated rings. The molecule has 0 aliphatic heterocycles. The molecule has 0 aliphatic rings. The van der Waals surface area contributed by atoms with Crippen LogP contribution in [-0.4, -0.2) is 38.7 Å². The van der Waals surface area contributed by atoms with Crippen LogP contribution in [0.3, 0.4) is 0 Å². The molecule has 2 N–H and O–H groups in total. The van der Waals surface area contributed by atoms with Gasteiger partial charge in [0, 0.05) is 24.8 Å². The van der Waals surface area contributed by atoms with Crippen LogP contribution in [0, 0.1) is 0 Å². The molecule has 0 saturated carbocycles. The van der Waals surface area contributed by atoms with Crippen molar-refractivity contribution >= 4 is 29.1 Å². The minimum absolute atomic E-state index is 0.263. The highest BCUT2D eigenvalue weighted by atomic mass is 35.5. The van der Waals surface area contributed by atoms with Gasteiger partial charge in [-0.2, -0.15) is 0 Å². The van der Waals surface area contributed by atoms with Crippen LogP contribution in [0.15, 0.2) is 42.5 Å². The average Bonchev–Trinajstić information content (AvgIpc) is 2.68. The zero-order valence-electron chi connectivity index (χ0n) is 15.4. The number of carbonyl (C=O) groups excluding carboxylic acids is 2. The van der Waals surface area contributed by atoms with Gasteiger partial charge in [-0.05, 0) is 43.7 Å². The maximum Gasteiger partial charge on any atom is 0.259 e. The van der Waals surface area contributed by atoms with Crippen LogP contribution in [0.1, 0.15) is 34.1 Å². The third kappa shape index (κ3) is 5.98. The monoisotopic (exact) mass is 390 g/mol. The van der Waals surface area contributed by atoms with Crippen molar-refractivity contribution in [1.82, 2.24) is 5.32 Å². The molecule has 0 bridgehead atoms. The molecule has 0 radical (unpaired) electrons. The number of anilines is 1. The second-order valence-electron chi connectivity index (χ2n) is 5.65. The molecule has 0 aliphatic carbocycles. The molecule has 144 valence electrons. The molecule has 0 saturated heterocycles. The first-order chi connectivity index (χ1) is 13.1. The first kappa shape index (κ1) is 20.7. The molecule has 27 heavy (non-hydrogen) atoms. The maximum absolute atomic E-state index is 12.7. The van der Waals surface area contributed by atoms with Crippen LogP contribution in [0.25, 0.3) is 0 Å². The van der Waals surface area contributed by atoms with E-state index >= 15 is 0 Å². The fourth-order valence-corrected chi connectivity index (χ4v) is 2.63. The van der Waals surface area contributed by atoms with Crippen molar-refractivity contribution in [3.05, 3.63) is 58.6 Å². The van der Waals surface area contributed by atoms with Crippen LogP contribution < -0.4 is 15.4 Å². The summed E-state index contributed by atoms with van der Waals surface area (Å²) in [6.45, 7) is 3.65. The highest BCUT2D eigenvalue weighted by molar-refractivity contribution is 6.31. The molecule has 0 aromatic heterocycles. The van der Waals surface area contributed by atoms with Crippen molar-refractivity contribution in [3.8, 4) is 5.75 Å². The fourth-order valence-electron chi connectivity index (χ4n) is 2.45. The van der Waals surface area contributed by atoms with Crippen molar-refractivity contribution in [2.24, 2.45) is 0 Å². The normalized spacial score (nSPS) is 10.3. The Balaban J connectivity index is 2.10. The summed E-state index contributed by atoms with van der Waals surface area (Å²) in [5.41, 5.74) is 1.08. The predicted octanol–water partition coefficient (Wildman–Crippen LogP) is 3.76. The molecular formula is C20H23ClN2O4. The van der Waals surface area contributed by atoms with Crippen LogP contribution >= 0.6 is 11.6 Å². The van der Waals surface area contributed by atoms with Gasteiger partial charge in [-0.1, -0.05) is 23.7 Å². The highest BCUT2D eigenvalue weighted by Gasteiger charge is 2.17. The summed E-state index contributed by atoms with van der Waals surface area (Å²) >= 11 is 5.99. The van der Waals surface area contributed by atoms with Gasteiger partial charge in [0.2, 0.25) is 0 Å². The number of ether oxygens (including phenoxy) is 2. The lowest BCUT2D eigenvalue weighted by Gasteiger charge is -2.13.